The molecule has 0 aromatic carbocycles. The molecular formula is C21H38I2N6O7. The van der Waals surface area contributed by atoms with Crippen LogP contribution in [0.5, 0.6) is 0 Å². The summed E-state index contributed by atoms with van der Waals surface area (Å²) in [6, 6.07) is 0. The zero-order chi connectivity index (χ0) is 28.1. The molecule has 0 spiro atoms. The third-order valence-electron chi connectivity index (χ3n) is 4.77. The minimum absolute atomic E-state index is 0.0261. The predicted octanol–water partition coefficient (Wildman–Crippen LogP) is -0.251. The number of amides is 5. The van der Waals surface area contributed by atoms with Crippen molar-refractivity contribution < 1.29 is 33.9 Å². The Labute approximate surface area is 235 Å². The normalized spacial score (nSPS) is 9.83. The van der Waals surface area contributed by atoms with Crippen LogP contribution in [-0.2, 0) is 28.8 Å². The molecule has 0 aliphatic rings. The molecule has 0 radical (unpaired) electrons. The summed E-state index contributed by atoms with van der Waals surface area (Å²) in [5, 5.41) is 14.1. The predicted molar refractivity (Wildman–Crippen MR) is 151 cm³/mol. The zero-order valence-electron chi connectivity index (χ0n) is 21.1. The van der Waals surface area contributed by atoms with Gasteiger partial charge in [-0.15, -0.1) is 0 Å². The minimum Gasteiger partial charge on any atom is -0.480 e. The van der Waals surface area contributed by atoms with E-state index in [2.05, 4.69) is 47.9 Å². The standard InChI is InChI=1S/C21H38N6O7.I2/c1-4-18(30)25(10-7-22)13-16(28)23-8-11-26(19(31)5-2)14-17(29)24-9-12-27(15-21(33)34)20(32)6-3;1-2/h4-15,22H2,1-3H3,(H,23,28)(H,24,29)(H,33,34);. The molecule has 5 amide bonds. The fourth-order valence-corrected chi connectivity index (χ4v) is 2.98. The number of hydrogen-bond acceptors (Lipinski definition) is 7. The lowest BCUT2D eigenvalue weighted by Gasteiger charge is -2.24. The first-order chi connectivity index (χ1) is 17.1. The van der Waals surface area contributed by atoms with Crippen LogP contribution < -0.4 is 16.4 Å². The van der Waals surface area contributed by atoms with Gasteiger partial charge in [0.2, 0.25) is 29.5 Å². The lowest BCUT2D eigenvalue weighted by atomic mass is 10.3. The first kappa shape index (κ1) is 36.4. The van der Waals surface area contributed by atoms with Gasteiger partial charge in [-0.1, -0.05) is 20.8 Å². The highest BCUT2D eigenvalue weighted by atomic mass is 128. The third-order valence-corrected chi connectivity index (χ3v) is 4.77. The molecule has 0 saturated carbocycles. The summed E-state index contributed by atoms with van der Waals surface area (Å²) in [7, 11) is 0. The van der Waals surface area contributed by atoms with E-state index in [1.54, 1.807) is 20.8 Å². The molecule has 0 saturated heterocycles. The molecule has 0 aliphatic heterocycles. The number of halogens is 2. The number of carboxylic acids is 1. The molecule has 0 heterocycles. The highest BCUT2D eigenvalue weighted by Crippen LogP contribution is 1.97. The molecule has 0 aromatic rings. The first-order valence-electron chi connectivity index (χ1n) is 11.5. The fourth-order valence-electron chi connectivity index (χ4n) is 2.98. The maximum absolute atomic E-state index is 12.3. The van der Waals surface area contributed by atoms with E-state index in [-0.39, 0.29) is 89.3 Å². The van der Waals surface area contributed by atoms with Gasteiger partial charge in [-0.25, -0.2) is 0 Å². The van der Waals surface area contributed by atoms with Crippen LogP contribution >= 0.6 is 37.2 Å². The quantitative estimate of drug-likeness (QED) is 0.147. The Balaban J connectivity index is 0. The van der Waals surface area contributed by atoms with Crippen LogP contribution in [0.25, 0.3) is 0 Å². The average Bonchev–Trinajstić information content (AvgIpc) is 2.86. The lowest BCUT2D eigenvalue weighted by Crippen LogP contribution is -2.47. The van der Waals surface area contributed by atoms with E-state index in [4.69, 9.17) is 10.8 Å². The molecule has 0 aliphatic carbocycles. The van der Waals surface area contributed by atoms with Gasteiger partial charge in [-0.05, 0) is 0 Å². The second kappa shape index (κ2) is 22.4. The van der Waals surface area contributed by atoms with Gasteiger partial charge in [0.25, 0.3) is 0 Å². The summed E-state index contributed by atoms with van der Waals surface area (Å²) in [4.78, 5) is 74.9. The lowest BCUT2D eigenvalue weighted by molar-refractivity contribution is -0.144. The molecule has 0 bridgehead atoms. The number of nitrogens with one attached hydrogen (secondary N) is 2. The molecule has 0 atom stereocenters. The average molecular weight is 740 g/mol. The topological polar surface area (TPSA) is 182 Å². The summed E-state index contributed by atoms with van der Waals surface area (Å²) in [6.45, 7) is 4.81. The number of rotatable bonds is 17. The van der Waals surface area contributed by atoms with Crippen molar-refractivity contribution in [3.8, 4) is 0 Å². The van der Waals surface area contributed by atoms with E-state index >= 15 is 0 Å². The molecule has 0 rings (SSSR count). The number of carboxylic acid groups (broad SMARTS) is 1. The monoisotopic (exact) mass is 740 g/mol. The fraction of sp³-hybridized carbons (Fsp3) is 0.714. The highest BCUT2D eigenvalue weighted by molar-refractivity contribution is 15.0. The first-order valence-corrected chi connectivity index (χ1v) is 17.8. The van der Waals surface area contributed by atoms with Gasteiger partial charge < -0.3 is 36.2 Å². The van der Waals surface area contributed by atoms with Gasteiger partial charge in [0.1, 0.15) is 6.54 Å². The summed E-state index contributed by atoms with van der Waals surface area (Å²) in [6.07, 6.45) is 0.554. The van der Waals surface area contributed by atoms with E-state index in [9.17, 15) is 28.8 Å². The summed E-state index contributed by atoms with van der Waals surface area (Å²) in [5.41, 5.74) is 5.47. The van der Waals surface area contributed by atoms with Crippen molar-refractivity contribution in [2.24, 2.45) is 5.73 Å². The molecule has 0 aromatic heterocycles. The van der Waals surface area contributed by atoms with Gasteiger partial charge in [-0.2, -0.15) is 0 Å². The van der Waals surface area contributed by atoms with Crippen molar-refractivity contribution in [1.82, 2.24) is 25.3 Å². The number of carbonyl (C=O) groups excluding carboxylic acids is 5. The maximum atomic E-state index is 12.3. The SMILES string of the molecule is CCC(=O)N(CCNC(=O)CN(CCNC(=O)CN(CCN)C(=O)CC)C(=O)CC)CC(=O)O.II. The van der Waals surface area contributed by atoms with Crippen molar-refractivity contribution >= 4 is 72.7 Å². The van der Waals surface area contributed by atoms with Crippen LogP contribution in [-0.4, -0.2) is 114 Å². The Kier molecular flexibility index (Phi) is 22.7. The molecule has 5 N–H and O–H groups in total. The zero-order valence-corrected chi connectivity index (χ0v) is 25.4. The Morgan fingerprint density at radius 3 is 1.31 bits per heavy atom. The van der Waals surface area contributed by atoms with Gasteiger partial charge >= 0.3 is 5.97 Å². The van der Waals surface area contributed by atoms with E-state index in [1.807, 2.05) is 0 Å². The van der Waals surface area contributed by atoms with Crippen LogP contribution in [0.15, 0.2) is 0 Å². The Morgan fingerprint density at radius 2 is 1.00 bits per heavy atom. The number of carbonyl (C=O) groups is 6. The molecular weight excluding hydrogens is 702 g/mol. The van der Waals surface area contributed by atoms with E-state index in [0.29, 0.717) is 0 Å². The Bertz CT molecular complexity index is 727. The Morgan fingerprint density at radius 1 is 0.667 bits per heavy atom. The minimum atomic E-state index is -1.15. The summed E-state index contributed by atoms with van der Waals surface area (Å²) < 4.78 is 0. The number of nitrogens with zero attached hydrogens (tertiary/aromatic N) is 3. The second-order valence-corrected chi connectivity index (χ2v) is 7.39. The van der Waals surface area contributed by atoms with Crippen molar-refractivity contribution in [3.05, 3.63) is 0 Å². The molecule has 0 unspecified atom stereocenters. The summed E-state index contributed by atoms with van der Waals surface area (Å²) >= 11 is 4.24. The maximum Gasteiger partial charge on any atom is 0.323 e. The van der Waals surface area contributed by atoms with Gasteiger partial charge in [0.05, 0.1) is 13.1 Å². The van der Waals surface area contributed by atoms with Crippen molar-refractivity contribution in [2.75, 3.05) is 58.9 Å². The van der Waals surface area contributed by atoms with Gasteiger partial charge in [0, 0.05) is 95.8 Å². The molecule has 13 nitrogen and oxygen atoms in total. The summed E-state index contributed by atoms with van der Waals surface area (Å²) in [5.74, 6) is -2.86. The van der Waals surface area contributed by atoms with Crippen LogP contribution in [0, 0.1) is 0 Å². The van der Waals surface area contributed by atoms with Crippen LogP contribution in [0.4, 0.5) is 0 Å². The molecule has 208 valence electrons. The molecule has 0 fully saturated rings. The van der Waals surface area contributed by atoms with Crippen LogP contribution in [0.1, 0.15) is 40.0 Å². The largest absolute Gasteiger partial charge is 0.480 e. The molecule has 15 heteroatoms. The number of hydrogen-bond donors (Lipinski definition) is 4. The number of nitrogens with two attached hydrogens (primary N) is 1. The Hall–Kier alpha value is -1.76. The van der Waals surface area contributed by atoms with Crippen LogP contribution in [0.3, 0.4) is 0 Å². The van der Waals surface area contributed by atoms with Gasteiger partial charge in [-0.3, -0.25) is 28.8 Å². The van der Waals surface area contributed by atoms with Crippen molar-refractivity contribution in [3.63, 3.8) is 0 Å². The second-order valence-electron chi connectivity index (χ2n) is 7.39. The molecule has 36 heavy (non-hydrogen) atoms. The van der Waals surface area contributed by atoms with Crippen molar-refractivity contribution in [1.29, 1.82) is 0 Å². The smallest absolute Gasteiger partial charge is 0.323 e. The van der Waals surface area contributed by atoms with E-state index in [0.717, 1.165) is 4.90 Å². The van der Waals surface area contributed by atoms with Crippen molar-refractivity contribution in [2.45, 2.75) is 40.0 Å². The third kappa shape index (κ3) is 16.8. The van der Waals surface area contributed by atoms with Gasteiger partial charge in [0.15, 0.2) is 0 Å². The van der Waals surface area contributed by atoms with Crippen LogP contribution in [0.2, 0.25) is 0 Å². The highest BCUT2D eigenvalue weighted by Gasteiger charge is 2.19. The van der Waals surface area contributed by atoms with E-state index < -0.39 is 24.3 Å². The number of aliphatic carboxylic acids is 1. The van der Waals surface area contributed by atoms with E-state index in [1.165, 1.54) is 9.80 Å².